The number of rotatable bonds is 13. The van der Waals surface area contributed by atoms with Crippen molar-refractivity contribution in [2.75, 3.05) is 12.3 Å². The van der Waals surface area contributed by atoms with Crippen molar-refractivity contribution >= 4 is 25.1 Å². The SMILES string of the molecule is CCC(CC)COC(=O)[C@@H](NP(=O)(Oc1ccccc1)OC1[C@@]2(C#N)O[C@@H](c3ccc4c(N)ncnn34)[C@H](O)[C@@]12O)C1CCCCC1. The van der Waals surface area contributed by atoms with Crippen LogP contribution in [0.15, 0.2) is 48.8 Å². The molecule has 1 aliphatic heterocycles. The zero-order valence-corrected chi connectivity index (χ0v) is 27.3. The molecule has 2 aliphatic carbocycles. The monoisotopic (exact) mass is 668 g/mol. The summed E-state index contributed by atoms with van der Waals surface area (Å²) >= 11 is 0. The first-order valence-electron chi connectivity index (χ1n) is 16.2. The fourth-order valence-corrected chi connectivity index (χ4v) is 8.63. The molecule has 0 spiro atoms. The molecule has 15 heteroatoms. The molecule has 7 atom stereocenters. The third kappa shape index (κ3) is 5.90. The van der Waals surface area contributed by atoms with E-state index in [0.29, 0.717) is 24.1 Å². The highest BCUT2D eigenvalue weighted by molar-refractivity contribution is 7.52. The summed E-state index contributed by atoms with van der Waals surface area (Å²) in [7, 11) is -4.57. The number of hydrogen-bond acceptors (Lipinski definition) is 12. The summed E-state index contributed by atoms with van der Waals surface area (Å²) < 4.78 is 39.9. The number of fused-ring (bicyclic) bond motifs is 2. The van der Waals surface area contributed by atoms with E-state index in [-0.39, 0.29) is 30.0 Å². The second-order valence-electron chi connectivity index (χ2n) is 12.6. The van der Waals surface area contributed by atoms with Crippen molar-refractivity contribution in [3.05, 3.63) is 54.5 Å². The highest BCUT2D eigenvalue weighted by atomic mass is 31.2. The fraction of sp³-hybridized carbons (Fsp3) is 0.562. The molecule has 0 bridgehead atoms. The standard InChI is InChI=1S/C32H41N6O8P/c1-3-20(4-2)17-43-29(40)25(21-11-7-5-8-12-21)37-47(42,45-22-13-9-6-10-14-22)46-30-31(18-33)32(30,41)27(39)26(44-31)23-15-16-24-28(34)35-19-36-38(23)24/h6,9-10,13-16,19-21,25-27,30,39,41H,3-5,7-8,11-12,17H2,1-2H3,(H,37,42)(H2,34,35,36)/t25-,26-,27-,30?,31+,32+,47?/m0/s1. The molecule has 3 aromatic rings. The predicted octanol–water partition coefficient (Wildman–Crippen LogP) is 3.84. The molecule has 6 rings (SSSR count). The van der Waals surface area contributed by atoms with E-state index in [9.17, 15) is 24.8 Å². The van der Waals surface area contributed by atoms with E-state index >= 15 is 0 Å². The Morgan fingerprint density at radius 1 is 1.21 bits per heavy atom. The first-order chi connectivity index (χ1) is 22.6. The second-order valence-corrected chi connectivity index (χ2v) is 14.2. The summed E-state index contributed by atoms with van der Waals surface area (Å²) in [6.07, 6.45) is 2.57. The Bertz CT molecular complexity index is 1670. The smallest absolute Gasteiger partial charge is 0.460 e. The molecule has 3 aliphatic rings. The quantitative estimate of drug-likeness (QED) is 0.151. The number of nitrogen functional groups attached to an aromatic ring is 1. The molecule has 14 nitrogen and oxygen atoms in total. The number of anilines is 1. The second kappa shape index (κ2) is 13.1. The lowest BCUT2D eigenvalue weighted by molar-refractivity contribution is -0.149. The Morgan fingerprint density at radius 3 is 2.60 bits per heavy atom. The first kappa shape index (κ1) is 33.3. The zero-order valence-electron chi connectivity index (χ0n) is 26.4. The maximum Gasteiger partial charge on any atom is 0.460 e. The molecular formula is C32H41N6O8P. The van der Waals surface area contributed by atoms with Gasteiger partial charge in [0.25, 0.3) is 0 Å². The molecule has 3 fully saturated rings. The molecule has 1 saturated heterocycles. The lowest BCUT2D eigenvalue weighted by atomic mass is 9.84. The van der Waals surface area contributed by atoms with E-state index < -0.39 is 49.3 Å². The number of carbonyl (C=O) groups is 1. The number of carbonyl (C=O) groups excluding carboxylic acids is 1. The number of esters is 1. The summed E-state index contributed by atoms with van der Waals surface area (Å²) in [6.45, 7) is 4.27. The molecule has 2 unspecified atom stereocenters. The number of aliphatic hydroxyl groups excluding tert-OH is 1. The van der Waals surface area contributed by atoms with Crippen molar-refractivity contribution in [2.45, 2.75) is 94.3 Å². The molecular weight excluding hydrogens is 627 g/mol. The van der Waals surface area contributed by atoms with Crippen LogP contribution < -0.4 is 15.3 Å². The van der Waals surface area contributed by atoms with Crippen LogP contribution in [0, 0.1) is 23.2 Å². The fourth-order valence-electron chi connectivity index (χ4n) is 6.83. The summed E-state index contributed by atoms with van der Waals surface area (Å²) in [5.41, 5.74) is 2.29. The van der Waals surface area contributed by atoms with Gasteiger partial charge >= 0.3 is 13.7 Å². The zero-order chi connectivity index (χ0) is 33.4. The number of aromatic nitrogens is 3. The van der Waals surface area contributed by atoms with Crippen LogP contribution in [0.4, 0.5) is 5.82 Å². The summed E-state index contributed by atoms with van der Waals surface area (Å²) in [5, 5.41) is 40.6. The number of hydrogen-bond donors (Lipinski definition) is 4. The van der Waals surface area contributed by atoms with Crippen molar-refractivity contribution < 1.29 is 38.1 Å². The Kier molecular flexibility index (Phi) is 9.32. The van der Waals surface area contributed by atoms with Crippen LogP contribution in [0.3, 0.4) is 0 Å². The lowest BCUT2D eigenvalue weighted by Crippen LogP contribution is -2.45. The van der Waals surface area contributed by atoms with Crippen LogP contribution in [0.25, 0.3) is 5.52 Å². The summed E-state index contributed by atoms with van der Waals surface area (Å²) in [6, 6.07) is 12.3. The van der Waals surface area contributed by atoms with Crippen LogP contribution in [0.1, 0.15) is 70.6 Å². The summed E-state index contributed by atoms with van der Waals surface area (Å²) in [4.78, 5) is 17.6. The van der Waals surface area contributed by atoms with Crippen LogP contribution in [0.5, 0.6) is 5.75 Å². The molecule has 0 radical (unpaired) electrons. The minimum Gasteiger partial charge on any atom is -0.464 e. The highest BCUT2D eigenvalue weighted by Crippen LogP contribution is 2.68. The molecule has 2 aromatic heterocycles. The van der Waals surface area contributed by atoms with Gasteiger partial charge in [0.1, 0.15) is 41.9 Å². The van der Waals surface area contributed by atoms with E-state index in [4.69, 9.17) is 24.3 Å². The minimum absolute atomic E-state index is 0.163. The lowest BCUT2D eigenvalue weighted by Gasteiger charge is -2.32. The Labute approximate surface area is 272 Å². The van der Waals surface area contributed by atoms with Crippen molar-refractivity contribution in [3.63, 3.8) is 0 Å². The first-order valence-corrected chi connectivity index (χ1v) is 17.7. The number of benzene rings is 1. The van der Waals surface area contributed by atoms with Crippen molar-refractivity contribution in [1.29, 1.82) is 5.26 Å². The van der Waals surface area contributed by atoms with Crippen LogP contribution >= 0.6 is 7.75 Å². The van der Waals surface area contributed by atoms with Gasteiger partial charge in [0.05, 0.1) is 12.3 Å². The van der Waals surface area contributed by atoms with E-state index in [1.165, 1.54) is 10.8 Å². The molecule has 2 saturated carbocycles. The van der Waals surface area contributed by atoms with E-state index in [2.05, 4.69) is 15.2 Å². The molecule has 0 amide bonds. The molecule has 5 N–H and O–H groups in total. The van der Waals surface area contributed by atoms with Gasteiger partial charge in [-0.2, -0.15) is 15.4 Å². The Balaban J connectivity index is 1.29. The van der Waals surface area contributed by atoms with E-state index in [1.807, 2.05) is 19.9 Å². The van der Waals surface area contributed by atoms with Crippen LogP contribution in [-0.4, -0.2) is 66.8 Å². The largest absolute Gasteiger partial charge is 0.464 e. The Hall–Kier alpha value is -3.57. The van der Waals surface area contributed by atoms with Crippen molar-refractivity contribution in [2.24, 2.45) is 11.8 Å². The summed E-state index contributed by atoms with van der Waals surface area (Å²) in [5.74, 6) is -0.264. The van der Waals surface area contributed by atoms with Gasteiger partial charge in [-0.3, -0.25) is 9.32 Å². The highest BCUT2D eigenvalue weighted by Gasteiger charge is 2.91. The Morgan fingerprint density at radius 2 is 1.94 bits per heavy atom. The normalized spacial score (nSPS) is 29.1. The maximum atomic E-state index is 14.7. The van der Waals surface area contributed by atoms with Gasteiger partial charge in [0.2, 0.25) is 5.60 Å². The van der Waals surface area contributed by atoms with Gasteiger partial charge in [-0.1, -0.05) is 64.2 Å². The topological polar surface area (TPSA) is 204 Å². The van der Waals surface area contributed by atoms with Crippen molar-refractivity contribution in [3.8, 4) is 11.8 Å². The van der Waals surface area contributed by atoms with E-state index in [1.54, 1.807) is 42.5 Å². The minimum atomic E-state index is -4.57. The number of aliphatic hydroxyl groups is 2. The number of nitrogens with two attached hydrogens (primary N) is 1. The number of nitrogens with zero attached hydrogens (tertiary/aromatic N) is 4. The number of ether oxygens (including phenoxy) is 2. The van der Waals surface area contributed by atoms with Crippen LogP contribution in [0.2, 0.25) is 0 Å². The average molecular weight is 669 g/mol. The van der Waals surface area contributed by atoms with Gasteiger partial charge in [-0.05, 0) is 48.9 Å². The molecule has 3 heterocycles. The van der Waals surface area contributed by atoms with Crippen molar-refractivity contribution in [1.82, 2.24) is 19.7 Å². The molecule has 47 heavy (non-hydrogen) atoms. The predicted molar refractivity (Wildman–Crippen MR) is 169 cm³/mol. The number of para-hydroxylation sites is 1. The van der Waals surface area contributed by atoms with E-state index in [0.717, 1.165) is 32.1 Å². The van der Waals surface area contributed by atoms with Gasteiger partial charge < -0.3 is 29.9 Å². The number of nitriles is 1. The van der Waals surface area contributed by atoms with Gasteiger partial charge in [-0.25, -0.2) is 14.1 Å². The third-order valence-electron chi connectivity index (χ3n) is 9.80. The van der Waals surface area contributed by atoms with Crippen LogP contribution in [-0.2, 0) is 23.4 Å². The maximum absolute atomic E-state index is 14.7. The third-order valence-corrected chi connectivity index (χ3v) is 11.3. The molecule has 252 valence electrons. The van der Waals surface area contributed by atoms with Gasteiger partial charge in [0.15, 0.2) is 17.5 Å². The number of nitrogens with one attached hydrogen (secondary N) is 1. The van der Waals surface area contributed by atoms with Gasteiger partial charge in [0, 0.05) is 0 Å². The molecule has 1 aromatic carbocycles. The average Bonchev–Trinajstić information content (AvgIpc) is 3.32. The van der Waals surface area contributed by atoms with Gasteiger partial charge in [-0.15, -0.1) is 0 Å².